The molecule has 1 fully saturated rings. The molecule has 0 amide bonds. The first-order chi connectivity index (χ1) is 13.9. The molecule has 0 radical (unpaired) electrons. The highest BCUT2D eigenvalue weighted by Crippen LogP contribution is 2.30. The number of hydrogen-bond acceptors (Lipinski definition) is 4. The van der Waals surface area contributed by atoms with Crippen molar-refractivity contribution in [2.24, 2.45) is 5.92 Å². The first-order valence-electron chi connectivity index (χ1n) is 10.3. The monoisotopic (exact) mass is 433 g/mol. The molecule has 6 heteroatoms. The summed E-state index contributed by atoms with van der Waals surface area (Å²) in [5, 5.41) is 0.830. The van der Waals surface area contributed by atoms with Crippen molar-refractivity contribution in [3.63, 3.8) is 0 Å². The van der Waals surface area contributed by atoms with Gasteiger partial charge in [0, 0.05) is 29.8 Å². The Morgan fingerprint density at radius 2 is 1.90 bits per heavy atom. The fourth-order valence-corrected chi connectivity index (χ4v) is 5.41. The molecule has 156 valence electrons. The second-order valence-corrected chi connectivity index (χ2v) is 10.8. The lowest BCUT2D eigenvalue weighted by atomic mass is 9.86. The van der Waals surface area contributed by atoms with Gasteiger partial charge in [0.1, 0.15) is 5.75 Å². The number of ether oxygens (including phenoxy) is 1. The van der Waals surface area contributed by atoms with Gasteiger partial charge in [0.25, 0.3) is 0 Å². The molecule has 4 rings (SSSR count). The number of piperidine rings is 1. The highest BCUT2D eigenvalue weighted by Gasteiger charge is 2.29. The van der Waals surface area contributed by atoms with Crippen molar-refractivity contribution < 1.29 is 13.2 Å². The summed E-state index contributed by atoms with van der Waals surface area (Å²) >= 11 is 6.20. The molecule has 4 nitrogen and oxygen atoms in total. The van der Waals surface area contributed by atoms with E-state index in [-0.39, 0.29) is 0 Å². The number of aryl methyl sites for hydroxylation is 1. The molecule has 1 aliphatic heterocycles. The minimum Gasteiger partial charge on any atom is -0.493 e. The standard InChI is InChI=1S/C23H28ClNO3S/c1-29(26,27)23-10-8-22(9-11-23)28-16-17-3-2-12-25(15-17)21-7-5-18-4-6-20(24)13-19(18)14-21/h4,6,8-11,13,17,21H,2-3,5,7,12,14-16H2,1H3/t17-,21+/m1/s1. The Labute approximate surface area is 178 Å². The molecule has 2 aromatic rings. The Balaban J connectivity index is 1.33. The van der Waals surface area contributed by atoms with Crippen LogP contribution < -0.4 is 4.74 Å². The van der Waals surface area contributed by atoms with Crippen molar-refractivity contribution in [2.75, 3.05) is 26.0 Å². The van der Waals surface area contributed by atoms with Gasteiger partial charge in [-0.05, 0) is 86.2 Å². The van der Waals surface area contributed by atoms with Crippen LogP contribution in [0.3, 0.4) is 0 Å². The molecule has 2 aromatic carbocycles. The zero-order chi connectivity index (χ0) is 20.4. The van der Waals surface area contributed by atoms with Gasteiger partial charge in [-0.25, -0.2) is 8.42 Å². The molecule has 2 aliphatic rings. The van der Waals surface area contributed by atoms with Crippen LogP contribution in [0.5, 0.6) is 5.75 Å². The Hall–Kier alpha value is -1.56. The van der Waals surface area contributed by atoms with E-state index in [1.807, 2.05) is 6.07 Å². The summed E-state index contributed by atoms with van der Waals surface area (Å²) in [5.41, 5.74) is 2.85. The minimum absolute atomic E-state index is 0.325. The number of benzene rings is 2. The SMILES string of the molecule is CS(=O)(=O)c1ccc(OC[C@@H]2CCCN([C@H]3CCc4ccc(Cl)cc4C3)C2)cc1. The van der Waals surface area contributed by atoms with Crippen LogP contribution in [0.25, 0.3) is 0 Å². The summed E-state index contributed by atoms with van der Waals surface area (Å²) in [6.07, 6.45) is 7.00. The summed E-state index contributed by atoms with van der Waals surface area (Å²) in [7, 11) is -3.17. The van der Waals surface area contributed by atoms with Gasteiger partial charge in [-0.2, -0.15) is 0 Å². The van der Waals surface area contributed by atoms with E-state index >= 15 is 0 Å². The van der Waals surface area contributed by atoms with Crippen LogP contribution >= 0.6 is 11.6 Å². The predicted molar refractivity (Wildman–Crippen MR) is 117 cm³/mol. The van der Waals surface area contributed by atoms with E-state index in [0.717, 1.165) is 36.7 Å². The lowest BCUT2D eigenvalue weighted by Gasteiger charge is -2.40. The molecule has 1 saturated heterocycles. The zero-order valence-corrected chi connectivity index (χ0v) is 18.4. The lowest BCUT2D eigenvalue weighted by molar-refractivity contribution is 0.0881. The van der Waals surface area contributed by atoms with E-state index in [4.69, 9.17) is 16.3 Å². The van der Waals surface area contributed by atoms with Crippen molar-refractivity contribution >= 4 is 21.4 Å². The molecule has 2 atom stereocenters. The topological polar surface area (TPSA) is 46.6 Å². The largest absolute Gasteiger partial charge is 0.493 e. The molecule has 0 aromatic heterocycles. The van der Waals surface area contributed by atoms with Crippen molar-refractivity contribution in [1.29, 1.82) is 0 Å². The van der Waals surface area contributed by atoms with Gasteiger partial charge in [-0.15, -0.1) is 0 Å². The highest BCUT2D eigenvalue weighted by molar-refractivity contribution is 7.90. The van der Waals surface area contributed by atoms with E-state index in [9.17, 15) is 8.42 Å². The predicted octanol–water partition coefficient (Wildman–Crippen LogP) is 4.39. The second kappa shape index (κ2) is 8.66. The van der Waals surface area contributed by atoms with Gasteiger partial charge in [0.15, 0.2) is 9.84 Å². The molecule has 1 heterocycles. The molecular formula is C23H28ClNO3S. The van der Waals surface area contributed by atoms with E-state index in [0.29, 0.717) is 23.5 Å². The van der Waals surface area contributed by atoms with Crippen molar-refractivity contribution in [3.05, 3.63) is 58.6 Å². The molecule has 0 spiro atoms. The van der Waals surface area contributed by atoms with E-state index in [1.165, 1.54) is 36.6 Å². The molecule has 1 aliphatic carbocycles. The molecule has 0 unspecified atom stereocenters. The maximum absolute atomic E-state index is 11.6. The van der Waals surface area contributed by atoms with Crippen molar-refractivity contribution in [1.82, 2.24) is 4.90 Å². The summed E-state index contributed by atoms with van der Waals surface area (Å²) in [5.74, 6) is 1.23. The third-order valence-electron chi connectivity index (χ3n) is 6.18. The Bertz CT molecular complexity index is 959. The maximum Gasteiger partial charge on any atom is 0.175 e. The van der Waals surface area contributed by atoms with E-state index in [1.54, 1.807) is 24.3 Å². The normalized spacial score (nSPS) is 22.8. The summed E-state index contributed by atoms with van der Waals surface area (Å²) < 4.78 is 29.1. The third-order valence-corrected chi connectivity index (χ3v) is 7.54. The van der Waals surface area contributed by atoms with Crippen molar-refractivity contribution in [2.45, 2.75) is 43.0 Å². The number of hydrogen-bond donors (Lipinski definition) is 0. The Kier molecular flexibility index (Phi) is 6.19. The van der Waals surface area contributed by atoms with Gasteiger partial charge in [0.2, 0.25) is 0 Å². The summed E-state index contributed by atoms with van der Waals surface area (Å²) in [6.45, 7) is 2.88. The van der Waals surface area contributed by atoms with Gasteiger partial charge >= 0.3 is 0 Å². The van der Waals surface area contributed by atoms with Gasteiger partial charge < -0.3 is 4.74 Å². The number of halogens is 1. The summed E-state index contributed by atoms with van der Waals surface area (Å²) in [6, 6.07) is 13.6. The van der Waals surface area contributed by atoms with Crippen LogP contribution in [0.1, 0.15) is 30.4 Å². The zero-order valence-electron chi connectivity index (χ0n) is 16.8. The average Bonchev–Trinajstić information content (AvgIpc) is 2.71. The molecule has 0 bridgehead atoms. The highest BCUT2D eigenvalue weighted by atomic mass is 35.5. The van der Waals surface area contributed by atoms with Crippen LogP contribution in [0, 0.1) is 5.92 Å². The van der Waals surface area contributed by atoms with Crippen LogP contribution in [0.15, 0.2) is 47.4 Å². The number of likely N-dealkylation sites (tertiary alicyclic amines) is 1. The number of sulfone groups is 1. The quantitative estimate of drug-likeness (QED) is 0.701. The third kappa shape index (κ3) is 5.14. The smallest absolute Gasteiger partial charge is 0.175 e. The Morgan fingerprint density at radius 3 is 2.66 bits per heavy atom. The maximum atomic E-state index is 11.6. The fourth-order valence-electron chi connectivity index (χ4n) is 4.58. The minimum atomic E-state index is -3.17. The number of fused-ring (bicyclic) bond motifs is 1. The van der Waals surface area contributed by atoms with Crippen LogP contribution in [0.2, 0.25) is 5.02 Å². The Morgan fingerprint density at radius 1 is 1.10 bits per heavy atom. The van der Waals surface area contributed by atoms with Crippen LogP contribution in [0.4, 0.5) is 0 Å². The number of rotatable bonds is 5. The first-order valence-corrected chi connectivity index (χ1v) is 12.6. The average molecular weight is 434 g/mol. The van der Waals surface area contributed by atoms with Crippen LogP contribution in [-0.4, -0.2) is 45.3 Å². The fraction of sp³-hybridized carbons (Fsp3) is 0.478. The lowest BCUT2D eigenvalue weighted by Crippen LogP contribution is -2.46. The van der Waals surface area contributed by atoms with Gasteiger partial charge in [-0.1, -0.05) is 17.7 Å². The molecular weight excluding hydrogens is 406 g/mol. The first kappa shape index (κ1) is 20.7. The van der Waals surface area contributed by atoms with E-state index < -0.39 is 9.84 Å². The summed E-state index contributed by atoms with van der Waals surface area (Å²) in [4.78, 5) is 2.96. The number of nitrogens with zero attached hydrogens (tertiary/aromatic N) is 1. The van der Waals surface area contributed by atoms with E-state index in [2.05, 4.69) is 17.0 Å². The van der Waals surface area contributed by atoms with Gasteiger partial charge in [-0.3, -0.25) is 4.90 Å². The van der Waals surface area contributed by atoms with Crippen LogP contribution in [-0.2, 0) is 22.7 Å². The molecule has 29 heavy (non-hydrogen) atoms. The molecule has 0 N–H and O–H groups in total. The van der Waals surface area contributed by atoms with Crippen molar-refractivity contribution in [3.8, 4) is 5.75 Å². The second-order valence-electron chi connectivity index (χ2n) is 8.37. The van der Waals surface area contributed by atoms with Gasteiger partial charge in [0.05, 0.1) is 11.5 Å². The molecule has 0 saturated carbocycles.